The van der Waals surface area contributed by atoms with Gasteiger partial charge in [0.25, 0.3) is 0 Å². The van der Waals surface area contributed by atoms with Crippen LogP contribution in [0.4, 0.5) is 0 Å². The molecule has 0 aromatic heterocycles. The molecule has 0 saturated carbocycles. The molecule has 3 N–H and O–H groups in total. The Kier molecular flexibility index (Phi) is 5.73. The van der Waals surface area contributed by atoms with E-state index in [0.717, 1.165) is 0 Å². The first-order chi connectivity index (χ1) is 7.59. The third-order valence-corrected chi connectivity index (χ3v) is 2.52. The number of rotatable bonds is 6. The van der Waals surface area contributed by atoms with Crippen molar-refractivity contribution in [2.45, 2.75) is 32.4 Å². The zero-order valence-electron chi connectivity index (χ0n) is 10.0. The highest BCUT2D eigenvalue weighted by Gasteiger charge is 2.25. The number of amides is 1. The van der Waals surface area contributed by atoms with E-state index in [4.69, 9.17) is 4.74 Å². The minimum absolute atomic E-state index is 0.0297. The molecule has 1 fully saturated rings. The molecule has 2 unspecified atom stereocenters. The normalized spacial score (nSPS) is 25.0. The zero-order valence-corrected chi connectivity index (χ0v) is 10.0. The van der Waals surface area contributed by atoms with E-state index in [-0.39, 0.29) is 11.9 Å². The zero-order chi connectivity index (χ0) is 12.0. The summed E-state index contributed by atoms with van der Waals surface area (Å²) in [7, 11) is 0. The van der Waals surface area contributed by atoms with Crippen molar-refractivity contribution in [1.29, 1.82) is 0 Å². The van der Waals surface area contributed by atoms with Crippen molar-refractivity contribution in [2.24, 2.45) is 5.92 Å². The van der Waals surface area contributed by atoms with E-state index in [0.29, 0.717) is 38.6 Å². The number of carbonyl (C=O) groups is 1. The number of hydrogen-bond donors (Lipinski definition) is 3. The molecule has 16 heavy (non-hydrogen) atoms. The molecule has 5 nitrogen and oxygen atoms in total. The van der Waals surface area contributed by atoms with E-state index < -0.39 is 6.10 Å². The fraction of sp³-hybridized carbons (Fsp3) is 0.909. The third kappa shape index (κ3) is 4.92. The Hall–Kier alpha value is -0.650. The molecular formula is C11H22N2O3. The Morgan fingerprint density at radius 2 is 2.25 bits per heavy atom. The van der Waals surface area contributed by atoms with Gasteiger partial charge in [0.2, 0.25) is 5.91 Å². The number of carbonyl (C=O) groups excluding carboxylic acids is 1. The van der Waals surface area contributed by atoms with Crippen LogP contribution in [0.25, 0.3) is 0 Å². The summed E-state index contributed by atoms with van der Waals surface area (Å²) in [6.07, 6.45) is -0.00521. The Morgan fingerprint density at radius 3 is 2.81 bits per heavy atom. The van der Waals surface area contributed by atoms with Crippen LogP contribution < -0.4 is 10.6 Å². The maximum absolute atomic E-state index is 11.4. The summed E-state index contributed by atoms with van der Waals surface area (Å²) in [5, 5.41) is 15.4. The van der Waals surface area contributed by atoms with Crippen LogP contribution in [0.1, 0.15) is 20.3 Å². The summed E-state index contributed by atoms with van der Waals surface area (Å²) in [4.78, 5) is 11.4. The van der Waals surface area contributed by atoms with Crippen LogP contribution in [0.2, 0.25) is 0 Å². The molecular weight excluding hydrogens is 208 g/mol. The van der Waals surface area contributed by atoms with Gasteiger partial charge in [-0.2, -0.15) is 0 Å². The highest BCUT2D eigenvalue weighted by molar-refractivity contribution is 5.76. The monoisotopic (exact) mass is 230 g/mol. The molecule has 0 aromatic carbocycles. The topological polar surface area (TPSA) is 70.6 Å². The smallest absolute Gasteiger partial charge is 0.221 e. The van der Waals surface area contributed by atoms with Crippen LogP contribution in [0.15, 0.2) is 0 Å². The SMILES string of the molecule is CC(C)CNC(=O)CCNC1COCC1O. The van der Waals surface area contributed by atoms with Crippen LogP contribution in [-0.2, 0) is 9.53 Å². The van der Waals surface area contributed by atoms with E-state index in [1.54, 1.807) is 0 Å². The maximum atomic E-state index is 11.4. The van der Waals surface area contributed by atoms with E-state index in [1.807, 2.05) is 0 Å². The summed E-state index contributed by atoms with van der Waals surface area (Å²) in [6, 6.07) is -0.0297. The van der Waals surface area contributed by atoms with Crippen LogP contribution >= 0.6 is 0 Å². The molecule has 0 aromatic rings. The summed E-state index contributed by atoms with van der Waals surface area (Å²) >= 11 is 0. The summed E-state index contributed by atoms with van der Waals surface area (Å²) in [6.45, 7) is 6.32. The maximum Gasteiger partial charge on any atom is 0.221 e. The van der Waals surface area contributed by atoms with E-state index in [2.05, 4.69) is 24.5 Å². The van der Waals surface area contributed by atoms with Crippen molar-refractivity contribution < 1.29 is 14.6 Å². The Balaban J connectivity index is 2.04. The van der Waals surface area contributed by atoms with Gasteiger partial charge >= 0.3 is 0 Å². The second kappa shape index (κ2) is 6.83. The Bertz CT molecular complexity index is 221. The molecule has 5 heteroatoms. The van der Waals surface area contributed by atoms with Gasteiger partial charge in [-0.05, 0) is 5.92 Å². The standard InChI is InChI=1S/C11H22N2O3/c1-8(2)5-13-11(15)3-4-12-9-6-16-7-10(9)14/h8-10,12,14H,3-7H2,1-2H3,(H,13,15). The molecule has 1 aliphatic rings. The lowest BCUT2D eigenvalue weighted by atomic mass is 10.2. The number of hydrogen-bond acceptors (Lipinski definition) is 4. The lowest BCUT2D eigenvalue weighted by Crippen LogP contribution is -2.40. The van der Waals surface area contributed by atoms with Gasteiger partial charge in [0.1, 0.15) is 0 Å². The average Bonchev–Trinajstić information content (AvgIpc) is 2.61. The van der Waals surface area contributed by atoms with Gasteiger partial charge in [-0.3, -0.25) is 4.79 Å². The number of nitrogens with one attached hydrogen (secondary N) is 2. The molecule has 1 saturated heterocycles. The van der Waals surface area contributed by atoms with Crippen LogP contribution in [0.5, 0.6) is 0 Å². The molecule has 0 spiro atoms. The summed E-state index contributed by atoms with van der Waals surface area (Å²) < 4.78 is 5.09. The van der Waals surface area contributed by atoms with Crippen molar-refractivity contribution in [2.75, 3.05) is 26.3 Å². The largest absolute Gasteiger partial charge is 0.389 e. The molecule has 1 amide bonds. The summed E-state index contributed by atoms with van der Waals surface area (Å²) in [5.74, 6) is 0.525. The van der Waals surface area contributed by atoms with Gasteiger partial charge < -0.3 is 20.5 Å². The molecule has 0 bridgehead atoms. The number of aliphatic hydroxyl groups excluding tert-OH is 1. The van der Waals surface area contributed by atoms with Gasteiger partial charge in [0.15, 0.2) is 0 Å². The summed E-state index contributed by atoms with van der Waals surface area (Å²) in [5.41, 5.74) is 0. The predicted molar refractivity (Wildman–Crippen MR) is 61.1 cm³/mol. The first-order valence-corrected chi connectivity index (χ1v) is 5.85. The molecule has 0 aliphatic carbocycles. The van der Waals surface area contributed by atoms with E-state index >= 15 is 0 Å². The predicted octanol–water partition coefficient (Wildman–Crippen LogP) is -0.502. The van der Waals surface area contributed by atoms with Crippen molar-refractivity contribution >= 4 is 5.91 Å². The minimum atomic E-state index is -0.446. The molecule has 1 rings (SSSR count). The van der Waals surface area contributed by atoms with Crippen LogP contribution in [0.3, 0.4) is 0 Å². The van der Waals surface area contributed by atoms with Crippen LogP contribution in [0, 0.1) is 5.92 Å². The highest BCUT2D eigenvalue weighted by atomic mass is 16.5. The average molecular weight is 230 g/mol. The second-order valence-corrected chi connectivity index (χ2v) is 4.61. The lowest BCUT2D eigenvalue weighted by molar-refractivity contribution is -0.121. The molecule has 0 radical (unpaired) electrons. The van der Waals surface area contributed by atoms with Gasteiger partial charge in [0, 0.05) is 19.5 Å². The minimum Gasteiger partial charge on any atom is -0.389 e. The van der Waals surface area contributed by atoms with E-state index in [9.17, 15) is 9.90 Å². The van der Waals surface area contributed by atoms with Gasteiger partial charge in [-0.25, -0.2) is 0 Å². The van der Waals surface area contributed by atoms with Crippen molar-refractivity contribution in [3.63, 3.8) is 0 Å². The van der Waals surface area contributed by atoms with Gasteiger partial charge in [0.05, 0.1) is 25.4 Å². The lowest BCUT2D eigenvalue weighted by Gasteiger charge is -2.14. The third-order valence-electron chi connectivity index (χ3n) is 2.52. The second-order valence-electron chi connectivity index (χ2n) is 4.61. The van der Waals surface area contributed by atoms with Crippen molar-refractivity contribution in [1.82, 2.24) is 10.6 Å². The first-order valence-electron chi connectivity index (χ1n) is 5.85. The number of aliphatic hydroxyl groups is 1. The van der Waals surface area contributed by atoms with Crippen molar-refractivity contribution in [3.8, 4) is 0 Å². The van der Waals surface area contributed by atoms with Crippen molar-refractivity contribution in [3.05, 3.63) is 0 Å². The first kappa shape index (κ1) is 13.4. The van der Waals surface area contributed by atoms with Gasteiger partial charge in [-0.1, -0.05) is 13.8 Å². The Morgan fingerprint density at radius 1 is 1.50 bits per heavy atom. The van der Waals surface area contributed by atoms with Crippen LogP contribution in [-0.4, -0.2) is 49.5 Å². The van der Waals surface area contributed by atoms with E-state index in [1.165, 1.54) is 0 Å². The Labute approximate surface area is 96.6 Å². The van der Waals surface area contributed by atoms with Gasteiger partial charge in [-0.15, -0.1) is 0 Å². The molecule has 94 valence electrons. The fourth-order valence-electron chi connectivity index (χ4n) is 1.52. The number of ether oxygens (including phenoxy) is 1. The highest BCUT2D eigenvalue weighted by Crippen LogP contribution is 2.04. The quantitative estimate of drug-likeness (QED) is 0.575. The molecule has 1 aliphatic heterocycles. The molecule has 2 atom stereocenters. The molecule has 1 heterocycles. The fourth-order valence-corrected chi connectivity index (χ4v) is 1.52.